The Morgan fingerprint density at radius 3 is 2.67 bits per heavy atom. The van der Waals surface area contributed by atoms with Gasteiger partial charge in [-0.25, -0.2) is 20.6 Å². The number of nitrogens with one attached hydrogen (secondary N) is 1. The summed E-state index contributed by atoms with van der Waals surface area (Å²) in [5.74, 6) is -0.352. The van der Waals surface area contributed by atoms with Gasteiger partial charge in [-0.3, -0.25) is 18.9 Å². The quantitative estimate of drug-likeness (QED) is 0.143. The molecule has 0 spiro atoms. The summed E-state index contributed by atoms with van der Waals surface area (Å²) in [6.07, 6.45) is -2.77. The Kier molecular flexibility index (Phi) is 9.22. The first kappa shape index (κ1) is 31.4. The highest BCUT2D eigenvalue weighted by Crippen LogP contribution is 2.49. The molecule has 0 aliphatic carbocycles. The van der Waals surface area contributed by atoms with Crippen LogP contribution in [0, 0.1) is 12.0 Å². The molecule has 5 N–H and O–H groups in total. The topological polar surface area (TPSA) is 184 Å². The first-order valence-corrected chi connectivity index (χ1v) is 14.8. The number of fused-ring (bicyclic) bond motifs is 1. The summed E-state index contributed by atoms with van der Waals surface area (Å²) in [5.41, 5.74) is 4.37. The van der Waals surface area contributed by atoms with Crippen molar-refractivity contribution in [2.24, 2.45) is 5.41 Å². The van der Waals surface area contributed by atoms with Crippen LogP contribution in [0.25, 0.3) is 10.4 Å². The molecule has 6 atom stereocenters. The zero-order valence-electron chi connectivity index (χ0n) is 23.7. The van der Waals surface area contributed by atoms with Crippen LogP contribution < -0.4 is 15.3 Å². The van der Waals surface area contributed by atoms with Gasteiger partial charge in [0.15, 0.2) is 18.5 Å². The third-order valence-electron chi connectivity index (χ3n) is 6.63. The largest absolute Gasteiger partial charge is 0.465 e. The van der Waals surface area contributed by atoms with Crippen LogP contribution in [0.5, 0.6) is 5.75 Å². The number of hydrogen-bond acceptors (Lipinski definition) is 11. The molecule has 226 valence electrons. The summed E-state index contributed by atoms with van der Waals surface area (Å²) in [4.78, 5) is 20.0. The van der Waals surface area contributed by atoms with Crippen LogP contribution in [0.2, 0.25) is 0 Å². The van der Waals surface area contributed by atoms with E-state index in [1.807, 2.05) is 20.8 Å². The smallest absolute Gasteiger partial charge is 0.459 e. The van der Waals surface area contributed by atoms with Crippen molar-refractivity contribution < 1.29 is 38.1 Å². The van der Waals surface area contributed by atoms with Gasteiger partial charge in [-0.15, -0.1) is 0 Å². The maximum absolute atomic E-state index is 14.0. The average molecular weight is 603 g/mol. The molecular weight excluding hydrogens is 567 g/mol. The molecule has 0 radical (unpaired) electrons. The SMILES string of the molecule is [C-]#[N+][C@]1(COP(=O)(N[C@@H](C)C(=O)OCCC(C)(C)C)Oc2ccccc2)O[C@@H](c2ccc3c(N)ncnn23)[C@H](O)[C@@H]1O. The summed E-state index contributed by atoms with van der Waals surface area (Å²) in [5, 5.41) is 28.5. The number of benzene rings is 1. The number of carbonyl (C=O) groups is 1. The van der Waals surface area contributed by atoms with E-state index in [0.29, 0.717) is 17.6 Å². The highest BCUT2D eigenvalue weighted by atomic mass is 31.2. The molecule has 15 heteroatoms. The number of aliphatic hydroxyl groups is 2. The number of rotatable bonds is 11. The normalized spacial score (nSPS) is 24.5. The lowest BCUT2D eigenvalue weighted by atomic mass is 9.93. The third kappa shape index (κ3) is 6.90. The number of hydrogen-bond donors (Lipinski definition) is 4. The van der Waals surface area contributed by atoms with Crippen LogP contribution in [0.1, 0.15) is 45.9 Å². The Morgan fingerprint density at radius 2 is 2.00 bits per heavy atom. The highest BCUT2D eigenvalue weighted by molar-refractivity contribution is 7.52. The number of ether oxygens (including phenoxy) is 2. The van der Waals surface area contributed by atoms with E-state index in [1.165, 1.54) is 29.9 Å². The van der Waals surface area contributed by atoms with Crippen molar-refractivity contribution in [1.29, 1.82) is 0 Å². The molecule has 0 bridgehead atoms. The monoisotopic (exact) mass is 602 g/mol. The van der Waals surface area contributed by atoms with Gasteiger partial charge in [0.25, 0.3) is 0 Å². The standard InChI is InChI=1S/C27H35N6O8P/c1-17(25(36)38-14-13-26(2,3)4)32-42(37,41-18-9-7-6-8-10-18)39-15-27(29-5)23(35)21(34)22(40-27)19-11-12-20-24(28)30-16-31-33(19)20/h6-12,16-17,21-23,34-35H,13-15H2,1-4H3,(H,32,37)(H2,28,30,31)/t17-,21-,22-,23-,27+,42?/m0/s1. The van der Waals surface area contributed by atoms with Crippen molar-refractivity contribution >= 4 is 25.1 Å². The van der Waals surface area contributed by atoms with Gasteiger partial charge >= 0.3 is 19.4 Å². The number of esters is 1. The van der Waals surface area contributed by atoms with Gasteiger partial charge < -0.3 is 25.2 Å². The predicted molar refractivity (Wildman–Crippen MR) is 151 cm³/mol. The van der Waals surface area contributed by atoms with Crippen molar-refractivity contribution in [2.45, 2.75) is 64.2 Å². The van der Waals surface area contributed by atoms with Gasteiger partial charge in [0, 0.05) is 0 Å². The Hall–Kier alpha value is -3.57. The maximum Gasteiger partial charge on any atom is 0.459 e. The van der Waals surface area contributed by atoms with E-state index in [0.717, 1.165) is 0 Å². The molecule has 14 nitrogen and oxygen atoms in total. The fourth-order valence-corrected chi connectivity index (χ4v) is 5.73. The molecule has 3 aromatic rings. The molecule has 1 unspecified atom stereocenters. The van der Waals surface area contributed by atoms with Crippen LogP contribution >= 0.6 is 7.75 Å². The lowest BCUT2D eigenvalue weighted by molar-refractivity contribution is -0.146. The molecule has 0 amide bonds. The molecule has 1 saturated heterocycles. The second kappa shape index (κ2) is 12.3. The highest BCUT2D eigenvalue weighted by Gasteiger charge is 2.62. The molecule has 1 aromatic carbocycles. The van der Waals surface area contributed by atoms with E-state index >= 15 is 0 Å². The lowest BCUT2D eigenvalue weighted by Crippen LogP contribution is -2.45. The van der Waals surface area contributed by atoms with Crippen molar-refractivity contribution in [3.05, 3.63) is 65.9 Å². The minimum Gasteiger partial charge on any atom is -0.465 e. The van der Waals surface area contributed by atoms with E-state index in [2.05, 4.69) is 20.0 Å². The van der Waals surface area contributed by atoms with Gasteiger partial charge in [-0.2, -0.15) is 10.2 Å². The minimum absolute atomic E-state index is 0.0584. The first-order chi connectivity index (χ1) is 19.8. The number of para-hydroxylation sites is 1. The number of aromatic nitrogens is 3. The molecule has 42 heavy (non-hydrogen) atoms. The number of nitrogens with two attached hydrogens (primary N) is 1. The van der Waals surface area contributed by atoms with Crippen molar-refractivity contribution in [3.8, 4) is 5.75 Å². The molecule has 0 saturated carbocycles. The van der Waals surface area contributed by atoms with Crippen molar-refractivity contribution in [2.75, 3.05) is 18.9 Å². The van der Waals surface area contributed by atoms with E-state index in [9.17, 15) is 19.6 Å². The second-order valence-electron chi connectivity index (χ2n) is 11.1. The summed E-state index contributed by atoms with van der Waals surface area (Å²) >= 11 is 0. The predicted octanol–water partition coefficient (Wildman–Crippen LogP) is 2.88. The summed E-state index contributed by atoms with van der Waals surface area (Å²) < 4.78 is 37.8. The zero-order chi connectivity index (χ0) is 30.7. The molecule has 1 aliphatic heterocycles. The number of aliphatic hydroxyl groups excluding tert-OH is 2. The van der Waals surface area contributed by atoms with E-state index < -0.39 is 50.4 Å². The first-order valence-electron chi connectivity index (χ1n) is 13.2. The van der Waals surface area contributed by atoms with E-state index in [1.54, 1.807) is 30.3 Å². The average Bonchev–Trinajstić information content (AvgIpc) is 3.47. The molecule has 2 aromatic heterocycles. The minimum atomic E-state index is -4.41. The van der Waals surface area contributed by atoms with Gasteiger partial charge in [0.1, 0.15) is 35.8 Å². The molecule has 1 fully saturated rings. The van der Waals surface area contributed by atoms with Crippen LogP contribution in [0.15, 0.2) is 48.8 Å². The Labute approximate surface area is 243 Å². The third-order valence-corrected chi connectivity index (χ3v) is 8.25. The molecule has 3 heterocycles. The van der Waals surface area contributed by atoms with E-state index in [-0.39, 0.29) is 23.6 Å². The summed E-state index contributed by atoms with van der Waals surface area (Å²) in [7, 11) is -4.41. The molecule has 4 rings (SSSR count). The van der Waals surface area contributed by atoms with Crippen LogP contribution in [-0.2, 0) is 23.4 Å². The summed E-state index contributed by atoms with van der Waals surface area (Å²) in [6.45, 7) is 14.6. The molecule has 1 aliphatic rings. The lowest BCUT2D eigenvalue weighted by Gasteiger charge is -2.26. The number of nitrogens with zero attached hydrogens (tertiary/aromatic N) is 4. The van der Waals surface area contributed by atoms with Crippen molar-refractivity contribution in [1.82, 2.24) is 19.7 Å². The van der Waals surface area contributed by atoms with Gasteiger partial charge in [-0.1, -0.05) is 39.0 Å². The second-order valence-corrected chi connectivity index (χ2v) is 12.8. The van der Waals surface area contributed by atoms with Gasteiger partial charge in [-0.05, 0) is 43.0 Å². The zero-order valence-corrected chi connectivity index (χ0v) is 24.6. The van der Waals surface area contributed by atoms with Crippen LogP contribution in [-0.4, -0.2) is 68.0 Å². The van der Waals surface area contributed by atoms with Crippen molar-refractivity contribution in [3.63, 3.8) is 0 Å². The Bertz CT molecular complexity index is 1490. The van der Waals surface area contributed by atoms with Gasteiger partial charge in [0.05, 0.1) is 12.3 Å². The number of nitrogen functional groups attached to an aromatic ring is 1. The van der Waals surface area contributed by atoms with Gasteiger partial charge in [0.2, 0.25) is 0 Å². The maximum atomic E-state index is 14.0. The number of carbonyl (C=O) groups excluding carboxylic acids is 1. The fraction of sp³-hybridized carbons (Fsp3) is 0.481. The van der Waals surface area contributed by atoms with Crippen LogP contribution in [0.4, 0.5) is 5.82 Å². The van der Waals surface area contributed by atoms with E-state index in [4.69, 9.17) is 30.8 Å². The Morgan fingerprint density at radius 1 is 1.29 bits per heavy atom. The van der Waals surface area contributed by atoms with Crippen LogP contribution in [0.3, 0.4) is 0 Å². The fourth-order valence-electron chi connectivity index (χ4n) is 4.22. The Balaban J connectivity index is 1.54. The number of anilines is 1. The molecular formula is C27H35N6O8P. The summed E-state index contributed by atoms with van der Waals surface area (Å²) in [6, 6.07) is 10.1.